The van der Waals surface area contributed by atoms with Gasteiger partial charge in [-0.15, -0.1) is 0 Å². The maximum atomic E-state index is 5.27. The lowest BCUT2D eigenvalue weighted by molar-refractivity contribution is 1.39. The molecule has 7 aromatic carbocycles. The lowest BCUT2D eigenvalue weighted by atomic mass is 9.95. The third-order valence-electron chi connectivity index (χ3n) is 9.82. The summed E-state index contributed by atoms with van der Waals surface area (Å²) in [5.74, 6) is 0. The number of hydrogen-bond acceptors (Lipinski definition) is 3. The first-order valence-electron chi connectivity index (χ1n) is 16.9. The lowest BCUT2D eigenvalue weighted by Crippen LogP contribution is -1.93. The molecule has 3 nitrogen and oxygen atoms in total. The number of pyridine rings is 3. The Hall–Kier alpha value is -6.71. The summed E-state index contributed by atoms with van der Waals surface area (Å²) < 4.78 is 0. The lowest BCUT2D eigenvalue weighted by Gasteiger charge is -2.13. The third kappa shape index (κ3) is 4.79. The van der Waals surface area contributed by atoms with Crippen LogP contribution in [0, 0.1) is 0 Å². The SMILES string of the molecule is c1ccc(-c2c3ccccc3nc3c2ccc2ccc(-c4ccc5cc(-c6ccc(-c7ccc8ccccc8n7)cc6)ccc5c4)nc23)cc1. The van der Waals surface area contributed by atoms with Gasteiger partial charge in [0.15, 0.2) is 0 Å². The molecule has 0 radical (unpaired) electrons. The van der Waals surface area contributed by atoms with Gasteiger partial charge in [0.25, 0.3) is 0 Å². The van der Waals surface area contributed by atoms with E-state index in [0.29, 0.717) is 0 Å². The molecule has 3 aromatic heterocycles. The predicted octanol–water partition coefficient (Wildman–Crippen LogP) is 12.3. The normalized spacial score (nSPS) is 11.6. The molecule has 0 aliphatic rings. The summed E-state index contributed by atoms with van der Waals surface area (Å²) in [5.41, 5.74) is 12.7. The highest BCUT2D eigenvalue weighted by molar-refractivity contribution is 6.16. The Balaban J connectivity index is 1.02. The maximum absolute atomic E-state index is 5.27. The molecule has 0 fully saturated rings. The van der Waals surface area contributed by atoms with E-state index in [9.17, 15) is 0 Å². The van der Waals surface area contributed by atoms with Gasteiger partial charge >= 0.3 is 0 Å². The Labute approximate surface area is 289 Å². The van der Waals surface area contributed by atoms with Crippen LogP contribution in [-0.4, -0.2) is 15.0 Å². The third-order valence-corrected chi connectivity index (χ3v) is 9.82. The van der Waals surface area contributed by atoms with Crippen LogP contribution in [0.25, 0.3) is 99.2 Å². The molecule has 0 unspecified atom stereocenters. The summed E-state index contributed by atoms with van der Waals surface area (Å²) in [4.78, 5) is 15.3. The molecule has 0 aliphatic heterocycles. The van der Waals surface area contributed by atoms with Crippen molar-refractivity contribution in [1.82, 2.24) is 15.0 Å². The first-order valence-corrected chi connectivity index (χ1v) is 16.9. The summed E-state index contributed by atoms with van der Waals surface area (Å²) >= 11 is 0. The molecule has 10 rings (SSSR count). The Bertz CT molecular complexity index is 2910. The second-order valence-electron chi connectivity index (χ2n) is 12.8. The average Bonchev–Trinajstić information content (AvgIpc) is 3.19. The van der Waals surface area contributed by atoms with Gasteiger partial charge in [0, 0.05) is 38.2 Å². The fourth-order valence-electron chi connectivity index (χ4n) is 7.26. The minimum Gasteiger partial charge on any atom is -0.248 e. The van der Waals surface area contributed by atoms with Crippen LogP contribution in [0.3, 0.4) is 0 Å². The summed E-state index contributed by atoms with van der Waals surface area (Å²) in [5, 5.41) is 6.86. The highest BCUT2D eigenvalue weighted by atomic mass is 14.8. The van der Waals surface area contributed by atoms with Crippen LogP contribution >= 0.6 is 0 Å². The fraction of sp³-hybridized carbons (Fsp3) is 0. The van der Waals surface area contributed by atoms with Gasteiger partial charge in [-0.25, -0.2) is 15.0 Å². The summed E-state index contributed by atoms with van der Waals surface area (Å²) in [6, 6.07) is 62.1. The van der Waals surface area contributed by atoms with Crippen molar-refractivity contribution in [3.8, 4) is 44.8 Å². The second-order valence-corrected chi connectivity index (χ2v) is 12.8. The van der Waals surface area contributed by atoms with Crippen LogP contribution in [0.15, 0.2) is 176 Å². The standard InChI is InChI=1S/C47H29N3/c1-2-9-33(10-3-1)45-39-11-5-7-13-44(39)50-47-40(45)25-22-34-24-27-43(49-46(34)47)38-21-20-36-28-35(18-19-37(36)29-38)30-14-16-32(17-15-30)42-26-23-31-8-4-6-12-41(31)48-42/h1-29H. The molecule has 0 amide bonds. The molecule has 0 aliphatic carbocycles. The molecule has 232 valence electrons. The van der Waals surface area contributed by atoms with Crippen molar-refractivity contribution in [2.45, 2.75) is 0 Å². The van der Waals surface area contributed by atoms with Crippen molar-refractivity contribution >= 4 is 54.4 Å². The van der Waals surface area contributed by atoms with E-state index < -0.39 is 0 Å². The molecule has 3 heteroatoms. The highest BCUT2D eigenvalue weighted by Gasteiger charge is 2.15. The Morgan fingerprint density at radius 2 is 0.880 bits per heavy atom. The first-order chi connectivity index (χ1) is 24.7. The second kappa shape index (κ2) is 11.5. The van der Waals surface area contributed by atoms with Gasteiger partial charge in [0.1, 0.15) is 0 Å². The van der Waals surface area contributed by atoms with Crippen molar-refractivity contribution in [3.05, 3.63) is 176 Å². The molecule has 0 N–H and O–H groups in total. The predicted molar refractivity (Wildman–Crippen MR) is 209 cm³/mol. The summed E-state index contributed by atoms with van der Waals surface area (Å²) in [6.45, 7) is 0. The van der Waals surface area contributed by atoms with Crippen molar-refractivity contribution < 1.29 is 0 Å². The van der Waals surface area contributed by atoms with Crippen molar-refractivity contribution in [3.63, 3.8) is 0 Å². The van der Waals surface area contributed by atoms with Crippen LogP contribution in [0.4, 0.5) is 0 Å². The first kappa shape index (κ1) is 28.3. The molecule has 50 heavy (non-hydrogen) atoms. The van der Waals surface area contributed by atoms with Gasteiger partial charge in [-0.3, -0.25) is 0 Å². The van der Waals surface area contributed by atoms with Crippen molar-refractivity contribution in [2.24, 2.45) is 0 Å². The minimum absolute atomic E-state index is 0.917. The van der Waals surface area contributed by atoms with Gasteiger partial charge in [0.2, 0.25) is 0 Å². The molecule has 0 spiro atoms. The number of fused-ring (bicyclic) bond motifs is 6. The van der Waals surface area contributed by atoms with Crippen LogP contribution < -0.4 is 0 Å². The number of para-hydroxylation sites is 2. The zero-order valence-corrected chi connectivity index (χ0v) is 27.1. The molecule has 0 saturated heterocycles. The summed E-state index contributed by atoms with van der Waals surface area (Å²) in [6.07, 6.45) is 0. The summed E-state index contributed by atoms with van der Waals surface area (Å²) in [7, 11) is 0. The van der Waals surface area contributed by atoms with E-state index in [-0.39, 0.29) is 0 Å². The van der Waals surface area contributed by atoms with Crippen LogP contribution in [-0.2, 0) is 0 Å². The van der Waals surface area contributed by atoms with E-state index >= 15 is 0 Å². The largest absolute Gasteiger partial charge is 0.248 e. The number of nitrogens with zero attached hydrogens (tertiary/aromatic N) is 3. The Morgan fingerprint density at radius 3 is 1.72 bits per heavy atom. The molecular formula is C47H29N3. The van der Waals surface area contributed by atoms with Gasteiger partial charge in [-0.05, 0) is 63.9 Å². The molecule has 3 heterocycles. The van der Waals surface area contributed by atoms with Gasteiger partial charge in [-0.1, -0.05) is 140 Å². The highest BCUT2D eigenvalue weighted by Crippen LogP contribution is 2.38. The number of aromatic nitrogens is 3. The van der Waals surface area contributed by atoms with E-state index in [0.717, 1.165) is 66.1 Å². The van der Waals surface area contributed by atoms with E-state index in [1.165, 1.54) is 33.0 Å². The monoisotopic (exact) mass is 635 g/mol. The molecule has 0 bridgehead atoms. The molecular weight excluding hydrogens is 607 g/mol. The number of benzene rings is 7. The Kier molecular flexibility index (Phi) is 6.49. The van der Waals surface area contributed by atoms with E-state index in [4.69, 9.17) is 15.0 Å². The zero-order chi connectivity index (χ0) is 33.0. The van der Waals surface area contributed by atoms with Gasteiger partial charge in [-0.2, -0.15) is 0 Å². The van der Waals surface area contributed by atoms with Crippen LogP contribution in [0.5, 0.6) is 0 Å². The van der Waals surface area contributed by atoms with Crippen molar-refractivity contribution in [1.29, 1.82) is 0 Å². The van der Waals surface area contributed by atoms with Crippen LogP contribution in [0.1, 0.15) is 0 Å². The van der Waals surface area contributed by atoms with Gasteiger partial charge < -0.3 is 0 Å². The van der Waals surface area contributed by atoms with Crippen molar-refractivity contribution in [2.75, 3.05) is 0 Å². The van der Waals surface area contributed by atoms with E-state index in [1.54, 1.807) is 0 Å². The van der Waals surface area contributed by atoms with E-state index in [2.05, 4.69) is 164 Å². The maximum Gasteiger partial charge on any atom is 0.0978 e. The quantitative estimate of drug-likeness (QED) is 0.143. The number of hydrogen-bond donors (Lipinski definition) is 0. The smallest absolute Gasteiger partial charge is 0.0978 e. The van der Waals surface area contributed by atoms with Crippen LogP contribution in [0.2, 0.25) is 0 Å². The van der Waals surface area contributed by atoms with E-state index in [1.807, 2.05) is 12.1 Å². The zero-order valence-electron chi connectivity index (χ0n) is 27.1. The average molecular weight is 636 g/mol. The molecule has 10 aromatic rings. The molecule has 0 saturated carbocycles. The minimum atomic E-state index is 0.917. The fourth-order valence-corrected chi connectivity index (χ4v) is 7.26. The Morgan fingerprint density at radius 1 is 0.280 bits per heavy atom. The van der Waals surface area contributed by atoms with Gasteiger partial charge in [0.05, 0.1) is 33.5 Å². The topological polar surface area (TPSA) is 38.7 Å². The number of rotatable bonds is 4. The molecule has 0 atom stereocenters.